The van der Waals surface area contributed by atoms with Gasteiger partial charge in [-0.05, 0) is 46.3 Å². The van der Waals surface area contributed by atoms with Gasteiger partial charge in [0.1, 0.15) is 17.4 Å². The van der Waals surface area contributed by atoms with Crippen LogP contribution in [0, 0.1) is 27.3 Å². The summed E-state index contributed by atoms with van der Waals surface area (Å²) in [6, 6.07) is 10.2. The van der Waals surface area contributed by atoms with Gasteiger partial charge in [0, 0.05) is 17.4 Å². The minimum atomic E-state index is -0.623. The van der Waals surface area contributed by atoms with Gasteiger partial charge in [-0.15, -0.1) is 0 Å². The molecule has 0 aromatic heterocycles. The quantitative estimate of drug-likeness (QED) is 0.676. The molecule has 0 spiro atoms. The summed E-state index contributed by atoms with van der Waals surface area (Å²) in [5.74, 6) is -0.433. The maximum absolute atomic E-state index is 13.4. The second kappa shape index (κ2) is 5.67. The van der Waals surface area contributed by atoms with Crippen molar-refractivity contribution < 1.29 is 9.31 Å². The van der Waals surface area contributed by atoms with Crippen LogP contribution < -0.4 is 5.32 Å². The van der Waals surface area contributed by atoms with Crippen LogP contribution in [-0.2, 0) is 0 Å². The van der Waals surface area contributed by atoms with Crippen LogP contribution in [0.5, 0.6) is 0 Å². The molecule has 0 bridgehead atoms. The van der Waals surface area contributed by atoms with Gasteiger partial charge >= 0.3 is 0 Å². The highest BCUT2D eigenvalue weighted by atomic mass is 79.9. The Morgan fingerprint density at radius 2 is 1.90 bits per heavy atom. The summed E-state index contributed by atoms with van der Waals surface area (Å²) < 4.78 is 13.7. The average Bonchev–Trinajstić information content (AvgIpc) is 2.42. The van der Waals surface area contributed by atoms with E-state index in [1.54, 1.807) is 12.1 Å². The minimum absolute atomic E-state index is 0.0578. The number of halogens is 2. The molecule has 20 heavy (non-hydrogen) atoms. The first kappa shape index (κ1) is 14.0. The highest BCUT2D eigenvalue weighted by molar-refractivity contribution is 9.10. The van der Waals surface area contributed by atoms with Gasteiger partial charge in [-0.3, -0.25) is 10.1 Å². The molecule has 0 aliphatic carbocycles. The topological polar surface area (TPSA) is 79.0 Å². The first-order chi connectivity index (χ1) is 9.51. The van der Waals surface area contributed by atoms with Crippen LogP contribution >= 0.6 is 15.9 Å². The second-order valence-electron chi connectivity index (χ2n) is 3.85. The fourth-order valence-corrected chi connectivity index (χ4v) is 1.85. The van der Waals surface area contributed by atoms with Gasteiger partial charge in [-0.2, -0.15) is 5.26 Å². The first-order valence-corrected chi connectivity index (χ1v) is 6.21. The number of nitrogens with zero attached hydrogens (tertiary/aromatic N) is 2. The molecule has 0 fully saturated rings. The predicted octanol–water partition coefficient (Wildman–Crippen LogP) is 4.11. The lowest BCUT2D eigenvalue weighted by molar-refractivity contribution is -0.385. The van der Waals surface area contributed by atoms with Crippen LogP contribution in [-0.4, -0.2) is 4.92 Å². The molecule has 0 atom stereocenters. The van der Waals surface area contributed by atoms with Crippen LogP contribution in [0.25, 0.3) is 0 Å². The van der Waals surface area contributed by atoms with Gasteiger partial charge in [0.15, 0.2) is 0 Å². The number of hydrogen-bond acceptors (Lipinski definition) is 4. The molecule has 1 N–H and O–H groups in total. The predicted molar refractivity (Wildman–Crippen MR) is 75.2 cm³/mol. The van der Waals surface area contributed by atoms with Crippen LogP contribution in [0.1, 0.15) is 5.56 Å². The fourth-order valence-electron chi connectivity index (χ4n) is 1.60. The lowest BCUT2D eigenvalue weighted by Gasteiger charge is -2.07. The third-order valence-corrected chi connectivity index (χ3v) is 3.17. The minimum Gasteiger partial charge on any atom is -0.355 e. The second-order valence-corrected chi connectivity index (χ2v) is 4.71. The highest BCUT2D eigenvalue weighted by Gasteiger charge is 2.13. The molecule has 2 aromatic rings. The summed E-state index contributed by atoms with van der Waals surface area (Å²) in [5, 5.41) is 22.5. The molecule has 0 aliphatic heterocycles. The van der Waals surface area contributed by atoms with Crippen molar-refractivity contribution in [1.29, 1.82) is 5.26 Å². The molecule has 0 unspecified atom stereocenters. The fraction of sp³-hybridized carbons (Fsp3) is 0. The summed E-state index contributed by atoms with van der Waals surface area (Å²) in [7, 11) is 0. The standard InChI is InChI=1S/C13H7BrFN3O2/c14-11-3-1-10(6-12(11)15)17-9-2-4-13(18(19)20)8(5-9)7-16/h1-6,17H. The van der Waals surface area contributed by atoms with E-state index in [1.807, 2.05) is 0 Å². The Balaban J connectivity index is 2.32. The molecule has 0 amide bonds. The average molecular weight is 336 g/mol. The number of nitriles is 1. The zero-order valence-electron chi connectivity index (χ0n) is 9.93. The normalized spacial score (nSPS) is 9.85. The van der Waals surface area contributed by atoms with Crippen molar-refractivity contribution in [3.8, 4) is 6.07 Å². The Labute approximate surface area is 121 Å². The van der Waals surface area contributed by atoms with E-state index in [4.69, 9.17) is 5.26 Å². The molecule has 2 rings (SSSR count). The zero-order valence-corrected chi connectivity index (χ0v) is 11.5. The third-order valence-electron chi connectivity index (χ3n) is 2.52. The molecule has 0 saturated heterocycles. The highest BCUT2D eigenvalue weighted by Crippen LogP contribution is 2.26. The maximum Gasteiger partial charge on any atom is 0.287 e. The molecule has 0 heterocycles. The van der Waals surface area contributed by atoms with Crippen molar-refractivity contribution in [1.82, 2.24) is 0 Å². The van der Waals surface area contributed by atoms with Gasteiger partial charge in [0.25, 0.3) is 5.69 Å². The molecule has 100 valence electrons. The molecular formula is C13H7BrFN3O2. The van der Waals surface area contributed by atoms with E-state index >= 15 is 0 Å². The Hall–Kier alpha value is -2.46. The van der Waals surface area contributed by atoms with Crippen LogP contribution in [0.4, 0.5) is 21.5 Å². The lowest BCUT2D eigenvalue weighted by Crippen LogP contribution is -1.96. The number of rotatable bonds is 3. The van der Waals surface area contributed by atoms with E-state index in [-0.39, 0.29) is 11.3 Å². The van der Waals surface area contributed by atoms with Gasteiger partial charge in [0.05, 0.1) is 9.40 Å². The van der Waals surface area contributed by atoms with E-state index in [9.17, 15) is 14.5 Å². The molecule has 2 aromatic carbocycles. The number of hydrogen-bond donors (Lipinski definition) is 1. The van der Waals surface area contributed by atoms with Gasteiger partial charge in [0.2, 0.25) is 0 Å². The molecular weight excluding hydrogens is 329 g/mol. The first-order valence-electron chi connectivity index (χ1n) is 5.42. The Morgan fingerprint density at radius 3 is 2.50 bits per heavy atom. The molecule has 7 heteroatoms. The van der Waals surface area contributed by atoms with Crippen molar-refractivity contribution in [2.45, 2.75) is 0 Å². The zero-order chi connectivity index (χ0) is 14.7. The largest absolute Gasteiger partial charge is 0.355 e. The monoisotopic (exact) mass is 335 g/mol. The number of nitro groups is 1. The smallest absolute Gasteiger partial charge is 0.287 e. The van der Waals surface area contributed by atoms with Crippen molar-refractivity contribution in [2.24, 2.45) is 0 Å². The van der Waals surface area contributed by atoms with Crippen molar-refractivity contribution >= 4 is 33.0 Å². The summed E-state index contributed by atoms with van der Waals surface area (Å²) in [6.45, 7) is 0. The Morgan fingerprint density at radius 1 is 1.25 bits per heavy atom. The number of nitro benzene ring substituents is 1. The maximum atomic E-state index is 13.4. The molecule has 0 radical (unpaired) electrons. The summed E-state index contributed by atoms with van der Waals surface area (Å²) in [4.78, 5) is 10.1. The third kappa shape index (κ3) is 2.92. The molecule has 5 nitrogen and oxygen atoms in total. The Kier molecular flexibility index (Phi) is 3.96. The van der Waals surface area contributed by atoms with Gasteiger partial charge < -0.3 is 5.32 Å². The summed E-state index contributed by atoms with van der Waals surface area (Å²) >= 11 is 3.04. The SMILES string of the molecule is N#Cc1cc(Nc2ccc(Br)c(F)c2)ccc1[N+](=O)[O-]. The van der Waals surface area contributed by atoms with Crippen molar-refractivity contribution in [2.75, 3.05) is 5.32 Å². The van der Waals surface area contributed by atoms with Crippen LogP contribution in [0.3, 0.4) is 0 Å². The van der Waals surface area contributed by atoms with Crippen LogP contribution in [0.15, 0.2) is 40.9 Å². The molecule has 0 aliphatic rings. The van der Waals surface area contributed by atoms with Crippen LogP contribution in [0.2, 0.25) is 0 Å². The van der Waals surface area contributed by atoms with Crippen molar-refractivity contribution in [3.63, 3.8) is 0 Å². The van der Waals surface area contributed by atoms with Gasteiger partial charge in [-0.1, -0.05) is 0 Å². The summed E-state index contributed by atoms with van der Waals surface area (Å²) in [6.07, 6.45) is 0. The van der Waals surface area contributed by atoms with E-state index < -0.39 is 10.7 Å². The lowest BCUT2D eigenvalue weighted by atomic mass is 10.1. The van der Waals surface area contributed by atoms with E-state index in [1.165, 1.54) is 30.3 Å². The van der Waals surface area contributed by atoms with E-state index in [0.29, 0.717) is 15.8 Å². The van der Waals surface area contributed by atoms with Crippen molar-refractivity contribution in [3.05, 3.63) is 62.4 Å². The Bertz CT molecular complexity index is 728. The summed E-state index contributed by atoms with van der Waals surface area (Å²) in [5.41, 5.74) is 0.620. The molecule has 0 saturated carbocycles. The number of nitrogens with one attached hydrogen (secondary N) is 1. The van der Waals surface area contributed by atoms with Gasteiger partial charge in [-0.25, -0.2) is 4.39 Å². The number of anilines is 2. The van der Waals surface area contributed by atoms with E-state index in [2.05, 4.69) is 21.2 Å². The number of benzene rings is 2. The van der Waals surface area contributed by atoms with E-state index in [0.717, 1.165) is 0 Å².